The minimum atomic E-state index is 0.163. The Morgan fingerprint density at radius 2 is 2.27 bits per heavy atom. The molecule has 0 atom stereocenters. The molecule has 0 fully saturated rings. The molecule has 1 aromatic heterocycles. The molecule has 1 aromatic carbocycles. The third-order valence-corrected chi connectivity index (χ3v) is 2.81. The fraction of sp³-hybridized carbons (Fsp3) is 0.273. The van der Waals surface area contributed by atoms with E-state index in [4.69, 9.17) is 0 Å². The second kappa shape index (κ2) is 4.49. The van der Waals surface area contributed by atoms with Gasteiger partial charge in [-0.3, -0.25) is 4.79 Å². The van der Waals surface area contributed by atoms with Crippen LogP contribution in [0.15, 0.2) is 24.3 Å². The number of aromatic amines is 1. The number of benzene rings is 1. The van der Waals surface area contributed by atoms with Gasteiger partial charge in [0.1, 0.15) is 5.82 Å². The van der Waals surface area contributed by atoms with E-state index in [9.17, 15) is 4.79 Å². The van der Waals surface area contributed by atoms with E-state index in [-0.39, 0.29) is 5.12 Å². The standard InChI is InChI=1S/C11H12N2OS/c1-2-15-11(14)7-10-12-8-5-3-4-6-9(8)13-10/h3-6H,2,7H2,1H3,(H,12,13). The topological polar surface area (TPSA) is 45.8 Å². The normalized spacial score (nSPS) is 10.7. The predicted molar refractivity (Wildman–Crippen MR) is 62.9 cm³/mol. The van der Waals surface area contributed by atoms with Crippen LogP contribution in [-0.2, 0) is 11.2 Å². The minimum absolute atomic E-state index is 0.163. The zero-order valence-electron chi connectivity index (χ0n) is 8.49. The van der Waals surface area contributed by atoms with E-state index in [1.165, 1.54) is 11.8 Å². The van der Waals surface area contributed by atoms with Crippen LogP contribution in [0.4, 0.5) is 0 Å². The summed E-state index contributed by atoms with van der Waals surface area (Å²) in [5.41, 5.74) is 1.91. The predicted octanol–water partition coefficient (Wildman–Crippen LogP) is 2.39. The third-order valence-electron chi connectivity index (χ3n) is 2.06. The lowest BCUT2D eigenvalue weighted by molar-refractivity contribution is -0.110. The fourth-order valence-corrected chi connectivity index (χ4v) is 2.00. The number of aromatic nitrogens is 2. The maximum absolute atomic E-state index is 11.4. The summed E-state index contributed by atoms with van der Waals surface area (Å²) in [5, 5.41) is 0.163. The molecule has 0 spiro atoms. The molecule has 0 bridgehead atoms. The second-order valence-electron chi connectivity index (χ2n) is 3.18. The first-order valence-corrected chi connectivity index (χ1v) is 5.87. The number of rotatable bonds is 3. The van der Waals surface area contributed by atoms with Gasteiger partial charge in [0.25, 0.3) is 0 Å². The fourth-order valence-electron chi connectivity index (χ4n) is 1.44. The van der Waals surface area contributed by atoms with Gasteiger partial charge in [0.2, 0.25) is 0 Å². The SMILES string of the molecule is CCSC(=O)Cc1nc2ccccc2[nH]1. The summed E-state index contributed by atoms with van der Waals surface area (Å²) < 4.78 is 0. The molecular weight excluding hydrogens is 208 g/mol. The number of nitrogens with one attached hydrogen (secondary N) is 1. The number of imidazole rings is 1. The number of H-pyrrole nitrogens is 1. The molecule has 1 N–H and O–H groups in total. The Balaban J connectivity index is 2.18. The van der Waals surface area contributed by atoms with Crippen molar-refractivity contribution in [2.75, 3.05) is 5.75 Å². The van der Waals surface area contributed by atoms with Gasteiger partial charge in [0.15, 0.2) is 5.12 Å². The van der Waals surface area contributed by atoms with Crippen molar-refractivity contribution in [3.63, 3.8) is 0 Å². The first-order chi connectivity index (χ1) is 7.29. The molecule has 0 unspecified atom stereocenters. The molecule has 4 heteroatoms. The van der Waals surface area contributed by atoms with Crippen LogP contribution in [0.2, 0.25) is 0 Å². The summed E-state index contributed by atoms with van der Waals surface area (Å²) in [7, 11) is 0. The van der Waals surface area contributed by atoms with Crippen molar-refractivity contribution in [1.82, 2.24) is 9.97 Å². The van der Waals surface area contributed by atoms with Crippen LogP contribution in [0.1, 0.15) is 12.7 Å². The van der Waals surface area contributed by atoms with Crippen molar-refractivity contribution >= 4 is 27.9 Å². The lowest BCUT2D eigenvalue weighted by Gasteiger charge is -1.93. The Bertz CT molecular complexity index is 445. The molecule has 0 saturated heterocycles. The van der Waals surface area contributed by atoms with Crippen LogP contribution in [0.25, 0.3) is 11.0 Å². The maximum Gasteiger partial charge on any atom is 0.196 e. The summed E-state index contributed by atoms with van der Waals surface area (Å²) in [6.45, 7) is 1.97. The zero-order valence-corrected chi connectivity index (χ0v) is 9.30. The molecule has 0 aliphatic heterocycles. The molecule has 2 aromatic rings. The van der Waals surface area contributed by atoms with Gasteiger partial charge in [-0.1, -0.05) is 30.8 Å². The first kappa shape index (κ1) is 10.2. The van der Waals surface area contributed by atoms with Crippen molar-refractivity contribution in [2.45, 2.75) is 13.3 Å². The number of hydrogen-bond donors (Lipinski definition) is 1. The number of hydrogen-bond acceptors (Lipinski definition) is 3. The van der Waals surface area contributed by atoms with Gasteiger partial charge in [-0.15, -0.1) is 0 Å². The molecule has 3 nitrogen and oxygen atoms in total. The maximum atomic E-state index is 11.4. The van der Waals surface area contributed by atoms with E-state index in [1.54, 1.807) is 0 Å². The van der Waals surface area contributed by atoms with Crippen LogP contribution in [0, 0.1) is 0 Å². The third kappa shape index (κ3) is 2.39. The minimum Gasteiger partial charge on any atom is -0.342 e. The molecule has 2 rings (SSSR count). The summed E-state index contributed by atoms with van der Waals surface area (Å²) in [6.07, 6.45) is 0.382. The van der Waals surface area contributed by atoms with Crippen molar-refractivity contribution in [1.29, 1.82) is 0 Å². The molecule has 0 radical (unpaired) electrons. The van der Waals surface area contributed by atoms with Crippen molar-refractivity contribution in [2.24, 2.45) is 0 Å². The smallest absolute Gasteiger partial charge is 0.196 e. The van der Waals surface area contributed by atoms with Gasteiger partial charge in [-0.05, 0) is 17.9 Å². The van der Waals surface area contributed by atoms with E-state index in [0.717, 1.165) is 22.6 Å². The average Bonchev–Trinajstić information content (AvgIpc) is 2.59. The van der Waals surface area contributed by atoms with Crippen molar-refractivity contribution in [3.8, 4) is 0 Å². The van der Waals surface area contributed by atoms with E-state index >= 15 is 0 Å². The Kier molecular flexibility index (Phi) is 3.06. The molecule has 15 heavy (non-hydrogen) atoms. The Morgan fingerprint density at radius 1 is 1.47 bits per heavy atom. The second-order valence-corrected chi connectivity index (χ2v) is 4.50. The summed E-state index contributed by atoms with van der Waals surface area (Å²) in [5.74, 6) is 1.57. The van der Waals surface area contributed by atoms with Crippen LogP contribution in [-0.4, -0.2) is 20.8 Å². The highest BCUT2D eigenvalue weighted by atomic mass is 32.2. The quantitative estimate of drug-likeness (QED) is 0.863. The highest BCUT2D eigenvalue weighted by Gasteiger charge is 2.07. The first-order valence-electron chi connectivity index (χ1n) is 4.89. The summed E-state index contributed by atoms with van der Waals surface area (Å²) in [6, 6.07) is 7.79. The molecule has 0 saturated carbocycles. The highest BCUT2D eigenvalue weighted by Crippen LogP contribution is 2.12. The van der Waals surface area contributed by atoms with Gasteiger partial charge >= 0.3 is 0 Å². The largest absolute Gasteiger partial charge is 0.342 e. The van der Waals surface area contributed by atoms with Crippen molar-refractivity contribution < 1.29 is 4.79 Å². The lowest BCUT2D eigenvalue weighted by atomic mass is 10.3. The molecule has 0 amide bonds. The van der Waals surface area contributed by atoms with E-state index < -0.39 is 0 Å². The number of fused-ring (bicyclic) bond motifs is 1. The average molecular weight is 220 g/mol. The van der Waals surface area contributed by atoms with E-state index in [0.29, 0.717) is 6.42 Å². The number of carbonyl (C=O) groups excluding carboxylic acids is 1. The number of thioether (sulfide) groups is 1. The van der Waals surface area contributed by atoms with Gasteiger partial charge in [-0.2, -0.15) is 0 Å². The van der Waals surface area contributed by atoms with Crippen LogP contribution in [0.3, 0.4) is 0 Å². The summed E-state index contributed by atoms with van der Waals surface area (Å²) in [4.78, 5) is 18.9. The molecular formula is C11H12N2OS. The Labute approximate surface area is 92.3 Å². The molecule has 0 aliphatic carbocycles. The highest BCUT2D eigenvalue weighted by molar-refractivity contribution is 8.13. The molecule has 0 aliphatic rings. The Morgan fingerprint density at radius 3 is 3.00 bits per heavy atom. The number of nitrogens with zero attached hydrogens (tertiary/aromatic N) is 1. The van der Waals surface area contributed by atoms with Gasteiger partial charge in [0.05, 0.1) is 17.5 Å². The van der Waals surface area contributed by atoms with E-state index in [2.05, 4.69) is 9.97 Å². The van der Waals surface area contributed by atoms with Crippen LogP contribution in [0.5, 0.6) is 0 Å². The number of para-hydroxylation sites is 2. The van der Waals surface area contributed by atoms with Gasteiger partial charge in [0, 0.05) is 0 Å². The van der Waals surface area contributed by atoms with Gasteiger partial charge in [-0.25, -0.2) is 4.98 Å². The van der Waals surface area contributed by atoms with E-state index in [1.807, 2.05) is 31.2 Å². The van der Waals surface area contributed by atoms with Crippen LogP contribution >= 0.6 is 11.8 Å². The Hall–Kier alpha value is -1.29. The monoisotopic (exact) mass is 220 g/mol. The van der Waals surface area contributed by atoms with Gasteiger partial charge < -0.3 is 4.98 Å². The lowest BCUT2D eigenvalue weighted by Crippen LogP contribution is -1.99. The van der Waals surface area contributed by atoms with Crippen molar-refractivity contribution in [3.05, 3.63) is 30.1 Å². The molecule has 78 valence electrons. The van der Waals surface area contributed by atoms with Crippen LogP contribution < -0.4 is 0 Å². The zero-order chi connectivity index (χ0) is 10.7. The summed E-state index contributed by atoms with van der Waals surface area (Å²) >= 11 is 1.34. The number of carbonyl (C=O) groups is 1. The molecule has 1 heterocycles.